The van der Waals surface area contributed by atoms with Crippen LogP contribution < -0.4 is 4.74 Å². The summed E-state index contributed by atoms with van der Waals surface area (Å²) >= 11 is 6.49. The molecule has 0 radical (unpaired) electrons. The first-order valence-electron chi connectivity index (χ1n) is 7.27. The first kappa shape index (κ1) is 14.6. The molecule has 2 atom stereocenters. The second-order valence-corrected chi connectivity index (χ2v) is 6.23. The largest absolute Gasteiger partial charge is 0.573 e. The maximum atomic E-state index is 12.2. The third-order valence-electron chi connectivity index (χ3n) is 4.53. The molecule has 0 bridgehead atoms. The molecule has 1 nitrogen and oxygen atoms in total. The highest BCUT2D eigenvalue weighted by molar-refractivity contribution is 6.35. The summed E-state index contributed by atoms with van der Waals surface area (Å²) in [6.45, 7) is 0. The molecule has 0 saturated carbocycles. The Hall–Kier alpha value is -1.94. The summed E-state index contributed by atoms with van der Waals surface area (Å²) in [5.41, 5.74) is 4.46. The van der Waals surface area contributed by atoms with Crippen molar-refractivity contribution in [2.75, 3.05) is 0 Å². The highest BCUT2D eigenvalue weighted by Crippen LogP contribution is 2.59. The zero-order valence-corrected chi connectivity index (χ0v) is 12.7. The van der Waals surface area contributed by atoms with Crippen LogP contribution in [0.25, 0.3) is 5.57 Å². The van der Waals surface area contributed by atoms with Gasteiger partial charge in [0.2, 0.25) is 0 Å². The minimum absolute atomic E-state index is 0.219. The van der Waals surface area contributed by atoms with Crippen LogP contribution in [-0.2, 0) is 6.42 Å². The average molecular weight is 337 g/mol. The van der Waals surface area contributed by atoms with Gasteiger partial charge in [0.15, 0.2) is 0 Å². The number of ether oxygens (including phenoxy) is 1. The van der Waals surface area contributed by atoms with Gasteiger partial charge >= 0.3 is 6.36 Å². The lowest BCUT2D eigenvalue weighted by molar-refractivity contribution is -0.274. The molecule has 0 spiro atoms. The summed E-state index contributed by atoms with van der Waals surface area (Å²) in [5.74, 6) is 0.326. The second kappa shape index (κ2) is 5.03. The Morgan fingerprint density at radius 3 is 2.39 bits per heavy atom. The average Bonchev–Trinajstić information content (AvgIpc) is 2.82. The van der Waals surface area contributed by atoms with Gasteiger partial charge in [-0.2, -0.15) is 0 Å². The monoisotopic (exact) mass is 336 g/mol. The van der Waals surface area contributed by atoms with Gasteiger partial charge in [-0.15, -0.1) is 13.2 Å². The molecule has 0 amide bonds. The molecular formula is C18H12ClF3O. The van der Waals surface area contributed by atoms with Crippen LogP contribution in [0.15, 0.2) is 53.6 Å². The summed E-state index contributed by atoms with van der Waals surface area (Å²) in [4.78, 5) is 0. The molecule has 118 valence electrons. The Kier molecular flexibility index (Phi) is 3.20. The van der Waals surface area contributed by atoms with Gasteiger partial charge in [-0.3, -0.25) is 0 Å². The van der Waals surface area contributed by atoms with Gasteiger partial charge in [0.05, 0.1) is 0 Å². The number of benzene rings is 2. The van der Waals surface area contributed by atoms with Gasteiger partial charge in [-0.1, -0.05) is 48.0 Å². The zero-order chi connectivity index (χ0) is 16.2. The second-order valence-electron chi connectivity index (χ2n) is 5.82. The maximum absolute atomic E-state index is 12.2. The molecular weight excluding hydrogens is 325 g/mol. The van der Waals surface area contributed by atoms with Crippen molar-refractivity contribution >= 4 is 17.2 Å². The number of hydrogen-bond acceptors (Lipinski definition) is 1. The highest BCUT2D eigenvalue weighted by atomic mass is 35.5. The van der Waals surface area contributed by atoms with Crippen LogP contribution in [0, 0.1) is 5.92 Å². The van der Waals surface area contributed by atoms with Crippen molar-refractivity contribution in [3.05, 3.63) is 70.3 Å². The third kappa shape index (κ3) is 2.41. The van der Waals surface area contributed by atoms with Crippen molar-refractivity contribution in [1.29, 1.82) is 0 Å². The van der Waals surface area contributed by atoms with Gasteiger partial charge in [-0.25, -0.2) is 0 Å². The minimum Gasteiger partial charge on any atom is -0.406 e. The van der Waals surface area contributed by atoms with Gasteiger partial charge < -0.3 is 4.74 Å². The molecule has 0 fully saturated rings. The standard InChI is InChI=1S/C18H12ClF3O/c19-17-15(10-5-7-12(8-6-10)23-18(20,21)22)14-9-11-3-1-2-4-13(11)16(14)17/h1-8,14,16H,9H2. The number of halogens is 4. The van der Waals surface area contributed by atoms with Gasteiger partial charge in [-0.05, 0) is 40.8 Å². The smallest absolute Gasteiger partial charge is 0.406 e. The molecule has 2 aromatic carbocycles. The summed E-state index contributed by atoms with van der Waals surface area (Å²) < 4.78 is 40.5. The van der Waals surface area contributed by atoms with E-state index in [1.165, 1.54) is 23.3 Å². The lowest BCUT2D eigenvalue weighted by Gasteiger charge is -2.35. The quantitative estimate of drug-likeness (QED) is 0.703. The molecule has 0 aromatic heterocycles. The van der Waals surface area contributed by atoms with E-state index in [1.807, 2.05) is 12.1 Å². The van der Waals surface area contributed by atoms with Gasteiger partial charge in [0.25, 0.3) is 0 Å². The molecule has 0 aliphatic heterocycles. The Labute approximate surface area is 136 Å². The van der Waals surface area contributed by atoms with Crippen molar-refractivity contribution in [3.8, 4) is 5.75 Å². The van der Waals surface area contributed by atoms with E-state index < -0.39 is 6.36 Å². The predicted molar refractivity (Wildman–Crippen MR) is 82.3 cm³/mol. The Balaban J connectivity index is 1.61. The van der Waals surface area contributed by atoms with Crippen LogP contribution in [-0.4, -0.2) is 6.36 Å². The number of alkyl halides is 3. The lowest BCUT2D eigenvalue weighted by atomic mass is 9.72. The van der Waals surface area contributed by atoms with E-state index in [-0.39, 0.29) is 11.7 Å². The molecule has 5 heteroatoms. The first-order valence-corrected chi connectivity index (χ1v) is 7.65. The van der Waals surface area contributed by atoms with Gasteiger partial charge in [0.1, 0.15) is 5.75 Å². The number of rotatable bonds is 2. The summed E-state index contributed by atoms with van der Waals surface area (Å²) in [5, 5.41) is 0.796. The molecule has 23 heavy (non-hydrogen) atoms. The SMILES string of the molecule is FC(F)(F)Oc1ccc(C2=C(Cl)C3c4ccccc4CC23)cc1. The normalized spacial score (nSPS) is 22.4. The number of fused-ring (bicyclic) bond motifs is 3. The first-order chi connectivity index (χ1) is 10.9. The Morgan fingerprint density at radius 1 is 1.00 bits per heavy atom. The van der Waals surface area contributed by atoms with Crippen molar-refractivity contribution in [3.63, 3.8) is 0 Å². The van der Waals surface area contributed by atoms with Crippen molar-refractivity contribution in [2.24, 2.45) is 5.92 Å². The molecule has 2 unspecified atom stereocenters. The predicted octanol–water partition coefficient (Wildman–Crippen LogP) is 5.50. The Morgan fingerprint density at radius 2 is 1.70 bits per heavy atom. The van der Waals surface area contributed by atoms with Crippen molar-refractivity contribution in [1.82, 2.24) is 0 Å². The maximum Gasteiger partial charge on any atom is 0.573 e. The highest BCUT2D eigenvalue weighted by Gasteiger charge is 2.46. The summed E-state index contributed by atoms with van der Waals surface area (Å²) in [7, 11) is 0. The van der Waals surface area contributed by atoms with E-state index in [0.29, 0.717) is 5.92 Å². The lowest BCUT2D eigenvalue weighted by Crippen LogP contribution is -2.22. The van der Waals surface area contributed by atoms with Crippen LogP contribution in [0.2, 0.25) is 0 Å². The van der Waals surface area contributed by atoms with E-state index in [1.54, 1.807) is 12.1 Å². The fraction of sp³-hybridized carbons (Fsp3) is 0.222. The van der Waals surface area contributed by atoms with E-state index in [4.69, 9.17) is 11.6 Å². The topological polar surface area (TPSA) is 9.23 Å². The van der Waals surface area contributed by atoms with E-state index in [9.17, 15) is 13.2 Å². The fourth-order valence-corrected chi connectivity index (χ4v) is 4.13. The minimum atomic E-state index is -4.67. The molecule has 0 saturated heterocycles. The van der Waals surface area contributed by atoms with Crippen LogP contribution in [0.3, 0.4) is 0 Å². The fourth-order valence-electron chi connectivity index (χ4n) is 3.61. The molecule has 2 aliphatic rings. The number of allylic oxidation sites excluding steroid dienone is 2. The van der Waals surface area contributed by atoms with E-state index >= 15 is 0 Å². The van der Waals surface area contributed by atoms with Crippen molar-refractivity contribution < 1.29 is 17.9 Å². The molecule has 4 rings (SSSR count). The molecule has 0 N–H and O–H groups in total. The molecule has 2 aromatic rings. The van der Waals surface area contributed by atoms with E-state index in [0.717, 1.165) is 22.6 Å². The molecule has 2 aliphatic carbocycles. The van der Waals surface area contributed by atoms with Crippen LogP contribution in [0.4, 0.5) is 13.2 Å². The van der Waals surface area contributed by atoms with Gasteiger partial charge in [0, 0.05) is 16.9 Å². The summed E-state index contributed by atoms with van der Waals surface area (Å²) in [6.07, 6.45) is -3.75. The zero-order valence-electron chi connectivity index (χ0n) is 11.9. The summed E-state index contributed by atoms with van der Waals surface area (Å²) in [6, 6.07) is 14.2. The van der Waals surface area contributed by atoms with Crippen LogP contribution >= 0.6 is 11.6 Å². The van der Waals surface area contributed by atoms with E-state index in [2.05, 4.69) is 16.9 Å². The van der Waals surface area contributed by atoms with Crippen LogP contribution in [0.1, 0.15) is 22.6 Å². The third-order valence-corrected chi connectivity index (χ3v) is 4.97. The van der Waals surface area contributed by atoms with Crippen LogP contribution in [0.5, 0.6) is 5.75 Å². The number of hydrogen-bond donors (Lipinski definition) is 0. The Bertz CT molecular complexity index is 793. The molecule has 0 heterocycles. The van der Waals surface area contributed by atoms with Crippen molar-refractivity contribution in [2.45, 2.75) is 18.7 Å².